The summed E-state index contributed by atoms with van der Waals surface area (Å²) in [6, 6.07) is 56.3. The fourth-order valence-corrected chi connectivity index (χ4v) is 6.43. The fourth-order valence-electron chi connectivity index (χ4n) is 6.43. The van der Waals surface area contributed by atoms with Gasteiger partial charge in [0, 0.05) is 27.5 Å². The average Bonchev–Trinajstić information content (AvgIpc) is 3.55. The van der Waals surface area contributed by atoms with Crippen molar-refractivity contribution in [3.05, 3.63) is 164 Å². The molecule has 0 aliphatic carbocycles. The summed E-state index contributed by atoms with van der Waals surface area (Å²) in [5.74, 6) is 1.82. The molecule has 0 aliphatic heterocycles. The van der Waals surface area contributed by atoms with Crippen molar-refractivity contribution in [1.82, 2.24) is 15.0 Å². The number of fused-ring (bicyclic) bond motifs is 5. The lowest BCUT2D eigenvalue weighted by molar-refractivity contribution is 0.669. The molecule has 47 heavy (non-hydrogen) atoms. The van der Waals surface area contributed by atoms with Gasteiger partial charge in [0.25, 0.3) is 0 Å². The van der Waals surface area contributed by atoms with Crippen LogP contribution in [0.15, 0.2) is 168 Å². The lowest BCUT2D eigenvalue weighted by atomic mass is 9.95. The fraction of sp³-hybridized carbons (Fsp3) is 0. The Morgan fingerprint density at radius 1 is 0.340 bits per heavy atom. The molecular formula is C43H27N3O. The van der Waals surface area contributed by atoms with Crippen LogP contribution in [0, 0.1) is 0 Å². The molecule has 2 aromatic heterocycles. The molecule has 0 amide bonds. The van der Waals surface area contributed by atoms with Crippen molar-refractivity contribution in [2.75, 3.05) is 0 Å². The molecule has 0 saturated heterocycles. The molecule has 220 valence electrons. The summed E-state index contributed by atoms with van der Waals surface area (Å²) in [6.45, 7) is 0. The molecule has 7 aromatic carbocycles. The molecule has 0 N–H and O–H groups in total. The first-order chi connectivity index (χ1) is 23.3. The van der Waals surface area contributed by atoms with Gasteiger partial charge in [-0.15, -0.1) is 0 Å². The third kappa shape index (κ3) is 4.84. The lowest BCUT2D eigenvalue weighted by Gasteiger charge is -2.11. The first-order valence-electron chi connectivity index (χ1n) is 15.7. The van der Waals surface area contributed by atoms with Gasteiger partial charge in [-0.05, 0) is 51.2 Å². The molecule has 0 aliphatic rings. The summed E-state index contributed by atoms with van der Waals surface area (Å²) < 4.78 is 6.60. The maximum atomic E-state index is 6.60. The quantitative estimate of drug-likeness (QED) is 0.197. The summed E-state index contributed by atoms with van der Waals surface area (Å²) in [5, 5.41) is 4.55. The Balaban J connectivity index is 1.28. The Morgan fingerprint density at radius 3 is 1.53 bits per heavy atom. The van der Waals surface area contributed by atoms with E-state index >= 15 is 0 Å². The van der Waals surface area contributed by atoms with E-state index in [1.54, 1.807) is 0 Å². The summed E-state index contributed by atoms with van der Waals surface area (Å²) in [7, 11) is 0. The van der Waals surface area contributed by atoms with Gasteiger partial charge in [0.15, 0.2) is 17.5 Å². The third-order valence-corrected chi connectivity index (χ3v) is 8.72. The largest absolute Gasteiger partial charge is 0.456 e. The Kier molecular flexibility index (Phi) is 6.43. The predicted octanol–water partition coefficient (Wildman–Crippen LogP) is 11.3. The Bertz CT molecular complexity index is 2540. The average molecular weight is 602 g/mol. The van der Waals surface area contributed by atoms with Crippen molar-refractivity contribution >= 4 is 32.7 Å². The van der Waals surface area contributed by atoms with Crippen molar-refractivity contribution < 1.29 is 4.42 Å². The highest BCUT2D eigenvalue weighted by Crippen LogP contribution is 2.42. The zero-order chi connectivity index (χ0) is 31.2. The van der Waals surface area contributed by atoms with Gasteiger partial charge in [0.05, 0.1) is 0 Å². The maximum absolute atomic E-state index is 6.60. The van der Waals surface area contributed by atoms with E-state index in [2.05, 4.69) is 121 Å². The number of benzene rings is 7. The molecule has 0 bridgehead atoms. The van der Waals surface area contributed by atoms with Gasteiger partial charge < -0.3 is 4.42 Å². The van der Waals surface area contributed by atoms with E-state index in [0.29, 0.717) is 17.5 Å². The van der Waals surface area contributed by atoms with E-state index in [9.17, 15) is 0 Å². The molecule has 0 saturated carbocycles. The molecule has 0 atom stereocenters. The zero-order valence-corrected chi connectivity index (χ0v) is 25.3. The van der Waals surface area contributed by atoms with Crippen LogP contribution in [-0.2, 0) is 0 Å². The lowest BCUT2D eigenvalue weighted by Crippen LogP contribution is -2.00. The van der Waals surface area contributed by atoms with Gasteiger partial charge in [-0.3, -0.25) is 0 Å². The molecule has 9 aromatic rings. The molecule has 9 rings (SSSR count). The van der Waals surface area contributed by atoms with Crippen LogP contribution in [0.3, 0.4) is 0 Å². The molecule has 0 unspecified atom stereocenters. The van der Waals surface area contributed by atoms with E-state index in [1.807, 2.05) is 42.5 Å². The summed E-state index contributed by atoms with van der Waals surface area (Å²) >= 11 is 0. The minimum Gasteiger partial charge on any atom is -0.456 e. The van der Waals surface area contributed by atoms with Crippen LogP contribution in [0.5, 0.6) is 0 Å². The number of nitrogens with zero attached hydrogens (tertiary/aromatic N) is 3. The highest BCUT2D eigenvalue weighted by molar-refractivity contribution is 6.23. The SMILES string of the molecule is c1ccc(-c2ccc(-c3nc(-c4ccccc4)nc(-c4cc(-c5ccccc5)c5c(c4)oc4ccc6ccccc6c45)n3)cc2)cc1. The highest BCUT2D eigenvalue weighted by Gasteiger charge is 2.19. The van der Waals surface area contributed by atoms with E-state index in [-0.39, 0.29) is 0 Å². The van der Waals surface area contributed by atoms with E-state index < -0.39 is 0 Å². The molecule has 2 heterocycles. The van der Waals surface area contributed by atoms with E-state index in [4.69, 9.17) is 19.4 Å². The van der Waals surface area contributed by atoms with Gasteiger partial charge in [0.2, 0.25) is 0 Å². The monoisotopic (exact) mass is 601 g/mol. The van der Waals surface area contributed by atoms with Crippen LogP contribution >= 0.6 is 0 Å². The number of aromatic nitrogens is 3. The van der Waals surface area contributed by atoms with Crippen LogP contribution in [-0.4, -0.2) is 15.0 Å². The van der Waals surface area contributed by atoms with Crippen molar-refractivity contribution in [2.24, 2.45) is 0 Å². The maximum Gasteiger partial charge on any atom is 0.164 e. The summed E-state index contributed by atoms with van der Waals surface area (Å²) in [6.07, 6.45) is 0. The molecule has 4 heteroatoms. The van der Waals surface area contributed by atoms with Crippen LogP contribution in [0.25, 0.3) is 89.1 Å². The number of hydrogen-bond acceptors (Lipinski definition) is 4. The topological polar surface area (TPSA) is 51.8 Å². The molecule has 0 spiro atoms. The minimum atomic E-state index is 0.588. The van der Waals surface area contributed by atoms with E-state index in [0.717, 1.165) is 55.3 Å². The number of rotatable bonds is 5. The van der Waals surface area contributed by atoms with Gasteiger partial charge in [-0.25, -0.2) is 15.0 Å². The Hall–Kier alpha value is -6.39. The summed E-state index contributed by atoms with van der Waals surface area (Å²) in [5.41, 5.74) is 8.84. The van der Waals surface area contributed by atoms with Crippen molar-refractivity contribution in [3.8, 4) is 56.4 Å². The van der Waals surface area contributed by atoms with Gasteiger partial charge in [-0.1, -0.05) is 146 Å². The first kappa shape index (κ1) is 27.0. The van der Waals surface area contributed by atoms with Crippen LogP contribution in [0.4, 0.5) is 0 Å². The Morgan fingerprint density at radius 2 is 0.851 bits per heavy atom. The Labute approximate surface area is 271 Å². The minimum absolute atomic E-state index is 0.588. The molecule has 0 radical (unpaired) electrons. The highest BCUT2D eigenvalue weighted by atomic mass is 16.3. The standard InChI is InChI=1S/C43H27N3O/c1-4-12-28(13-5-1)29-20-22-33(23-21-29)42-44-41(32-17-8-3-9-18-32)45-43(46-42)34-26-36(30-14-6-2-7-15-30)40-38(27-34)47-37-25-24-31-16-10-11-19-35(31)39(37)40/h1-27H. The summed E-state index contributed by atoms with van der Waals surface area (Å²) in [4.78, 5) is 15.1. The zero-order valence-electron chi connectivity index (χ0n) is 25.3. The second kappa shape index (κ2) is 11.2. The van der Waals surface area contributed by atoms with Crippen LogP contribution in [0.2, 0.25) is 0 Å². The van der Waals surface area contributed by atoms with Crippen LogP contribution in [0.1, 0.15) is 0 Å². The second-order valence-electron chi connectivity index (χ2n) is 11.6. The van der Waals surface area contributed by atoms with Crippen molar-refractivity contribution in [2.45, 2.75) is 0 Å². The van der Waals surface area contributed by atoms with E-state index in [1.165, 1.54) is 16.3 Å². The normalized spacial score (nSPS) is 11.4. The van der Waals surface area contributed by atoms with Crippen molar-refractivity contribution in [1.29, 1.82) is 0 Å². The van der Waals surface area contributed by atoms with Crippen molar-refractivity contribution in [3.63, 3.8) is 0 Å². The van der Waals surface area contributed by atoms with Crippen LogP contribution < -0.4 is 0 Å². The second-order valence-corrected chi connectivity index (χ2v) is 11.6. The van der Waals surface area contributed by atoms with Gasteiger partial charge >= 0.3 is 0 Å². The van der Waals surface area contributed by atoms with Gasteiger partial charge in [0.1, 0.15) is 11.2 Å². The molecule has 0 fully saturated rings. The smallest absolute Gasteiger partial charge is 0.164 e. The third-order valence-electron chi connectivity index (χ3n) is 8.72. The number of furan rings is 1. The molecular weight excluding hydrogens is 574 g/mol. The molecule has 4 nitrogen and oxygen atoms in total. The number of hydrogen-bond donors (Lipinski definition) is 0. The first-order valence-corrected chi connectivity index (χ1v) is 15.7. The predicted molar refractivity (Wildman–Crippen MR) is 192 cm³/mol. The van der Waals surface area contributed by atoms with Gasteiger partial charge in [-0.2, -0.15) is 0 Å².